The Morgan fingerprint density at radius 2 is 1.80 bits per heavy atom. The van der Waals surface area contributed by atoms with Crippen molar-refractivity contribution in [2.75, 3.05) is 12.4 Å². The number of ether oxygens (including phenoxy) is 1. The highest BCUT2D eigenvalue weighted by molar-refractivity contribution is 7.89. The van der Waals surface area contributed by atoms with Gasteiger partial charge in [0.2, 0.25) is 15.9 Å². The third kappa shape index (κ3) is 5.37. The molecule has 0 bridgehead atoms. The number of methoxy groups -OCH3 is 1. The van der Waals surface area contributed by atoms with Gasteiger partial charge in [0, 0.05) is 18.5 Å². The maximum absolute atomic E-state index is 11.6. The fourth-order valence-electron chi connectivity index (χ4n) is 1.45. The highest BCUT2D eigenvalue weighted by Crippen LogP contribution is 2.13. The number of hydrogen-bond donors (Lipinski definition) is 2. The Bertz CT molecular complexity index is 580. The van der Waals surface area contributed by atoms with Crippen LogP contribution in [-0.2, 0) is 24.3 Å². The summed E-state index contributed by atoms with van der Waals surface area (Å²) < 4.78 is 26.5. The Kier molecular flexibility index (Phi) is 5.66. The molecule has 20 heavy (non-hydrogen) atoms. The lowest BCUT2D eigenvalue weighted by atomic mass is 10.2. The number of benzene rings is 1. The summed E-state index contributed by atoms with van der Waals surface area (Å²) in [5, 5.41) is 7.54. The van der Waals surface area contributed by atoms with Crippen LogP contribution in [-0.4, -0.2) is 27.4 Å². The number of nitrogens with one attached hydrogen (secondary N) is 1. The molecule has 0 aromatic heterocycles. The molecule has 1 amide bonds. The molecule has 0 aliphatic carbocycles. The average molecular weight is 300 g/mol. The van der Waals surface area contributed by atoms with Crippen LogP contribution in [0.1, 0.15) is 19.3 Å². The van der Waals surface area contributed by atoms with Gasteiger partial charge in [-0.3, -0.25) is 9.59 Å². The van der Waals surface area contributed by atoms with E-state index in [1.54, 1.807) is 0 Å². The van der Waals surface area contributed by atoms with E-state index in [-0.39, 0.29) is 29.6 Å². The number of carbonyl (C=O) groups is 2. The minimum absolute atomic E-state index is 0.0267. The number of primary sulfonamides is 1. The van der Waals surface area contributed by atoms with Crippen LogP contribution < -0.4 is 10.5 Å². The maximum Gasteiger partial charge on any atom is 0.305 e. The Labute approximate surface area is 117 Å². The van der Waals surface area contributed by atoms with E-state index in [1.807, 2.05) is 0 Å². The van der Waals surface area contributed by atoms with Crippen molar-refractivity contribution in [2.45, 2.75) is 24.2 Å². The summed E-state index contributed by atoms with van der Waals surface area (Å²) in [5.41, 5.74) is 0.459. The number of amides is 1. The van der Waals surface area contributed by atoms with Gasteiger partial charge in [-0.15, -0.1) is 0 Å². The molecule has 3 N–H and O–H groups in total. The minimum atomic E-state index is -3.74. The Morgan fingerprint density at radius 3 is 2.30 bits per heavy atom. The van der Waals surface area contributed by atoms with Gasteiger partial charge >= 0.3 is 5.97 Å². The molecule has 0 unspecified atom stereocenters. The van der Waals surface area contributed by atoms with Gasteiger partial charge in [0.15, 0.2) is 0 Å². The fraction of sp³-hybridized carbons (Fsp3) is 0.333. The van der Waals surface area contributed by atoms with E-state index >= 15 is 0 Å². The van der Waals surface area contributed by atoms with E-state index in [9.17, 15) is 18.0 Å². The standard InChI is InChI=1S/C12H16N2O5S/c1-19-12(16)4-2-3-11(15)14-9-5-7-10(8-6-9)20(13,17)18/h5-8H,2-4H2,1H3,(H,14,15)(H2,13,17,18). The van der Waals surface area contributed by atoms with Crippen molar-refractivity contribution < 1.29 is 22.7 Å². The molecular formula is C12H16N2O5S. The molecule has 1 aromatic carbocycles. The smallest absolute Gasteiger partial charge is 0.305 e. The van der Waals surface area contributed by atoms with Crippen LogP contribution in [0.25, 0.3) is 0 Å². The topological polar surface area (TPSA) is 116 Å². The van der Waals surface area contributed by atoms with Crippen LogP contribution in [0, 0.1) is 0 Å². The van der Waals surface area contributed by atoms with E-state index in [4.69, 9.17) is 5.14 Å². The van der Waals surface area contributed by atoms with Crippen molar-refractivity contribution >= 4 is 27.6 Å². The molecule has 1 rings (SSSR count). The first kappa shape index (κ1) is 16.1. The van der Waals surface area contributed by atoms with Crippen LogP contribution >= 0.6 is 0 Å². The molecule has 110 valence electrons. The van der Waals surface area contributed by atoms with Gasteiger partial charge in [0.1, 0.15) is 0 Å². The molecule has 0 radical (unpaired) electrons. The molecule has 0 heterocycles. The average Bonchev–Trinajstić information content (AvgIpc) is 2.38. The first-order valence-corrected chi connectivity index (χ1v) is 7.37. The molecule has 0 atom stereocenters. The number of sulfonamides is 1. The van der Waals surface area contributed by atoms with Crippen LogP contribution in [0.15, 0.2) is 29.2 Å². The number of anilines is 1. The fourth-order valence-corrected chi connectivity index (χ4v) is 1.96. The summed E-state index contributed by atoms with van der Waals surface area (Å²) >= 11 is 0. The third-order valence-corrected chi connectivity index (χ3v) is 3.41. The quantitative estimate of drug-likeness (QED) is 0.747. The molecule has 0 fully saturated rings. The highest BCUT2D eigenvalue weighted by Gasteiger charge is 2.08. The van der Waals surface area contributed by atoms with Crippen molar-refractivity contribution in [1.29, 1.82) is 0 Å². The minimum Gasteiger partial charge on any atom is -0.469 e. The van der Waals surface area contributed by atoms with Crippen molar-refractivity contribution in [1.82, 2.24) is 0 Å². The number of nitrogens with two attached hydrogens (primary N) is 1. The molecule has 0 spiro atoms. The van der Waals surface area contributed by atoms with Gasteiger partial charge in [0.25, 0.3) is 0 Å². The SMILES string of the molecule is COC(=O)CCCC(=O)Nc1ccc(S(N)(=O)=O)cc1. The monoisotopic (exact) mass is 300 g/mol. The predicted molar refractivity (Wildman–Crippen MR) is 72.3 cm³/mol. The summed E-state index contributed by atoms with van der Waals surface area (Å²) in [6.07, 6.45) is 0.730. The lowest BCUT2D eigenvalue weighted by molar-refractivity contribution is -0.140. The van der Waals surface area contributed by atoms with Crippen molar-refractivity contribution in [3.63, 3.8) is 0 Å². The van der Waals surface area contributed by atoms with Crippen molar-refractivity contribution in [3.05, 3.63) is 24.3 Å². The van der Waals surface area contributed by atoms with Gasteiger partial charge in [-0.1, -0.05) is 0 Å². The summed E-state index contributed by atoms with van der Waals surface area (Å²) in [6, 6.07) is 5.49. The zero-order valence-corrected chi connectivity index (χ0v) is 11.8. The van der Waals surface area contributed by atoms with Gasteiger partial charge in [-0.2, -0.15) is 0 Å². The third-order valence-electron chi connectivity index (χ3n) is 2.48. The molecule has 0 saturated carbocycles. The lowest BCUT2D eigenvalue weighted by Crippen LogP contribution is -2.14. The maximum atomic E-state index is 11.6. The van der Waals surface area contributed by atoms with Crippen molar-refractivity contribution in [3.8, 4) is 0 Å². The number of carbonyl (C=O) groups excluding carboxylic acids is 2. The van der Waals surface area contributed by atoms with E-state index < -0.39 is 10.0 Å². The first-order valence-electron chi connectivity index (χ1n) is 5.82. The van der Waals surface area contributed by atoms with Crippen LogP contribution in [0.3, 0.4) is 0 Å². The highest BCUT2D eigenvalue weighted by atomic mass is 32.2. The summed E-state index contributed by atoms with van der Waals surface area (Å²) in [5.74, 6) is -0.632. The second-order valence-corrected chi connectivity index (χ2v) is 5.61. The number of esters is 1. The number of hydrogen-bond acceptors (Lipinski definition) is 5. The zero-order chi connectivity index (χ0) is 15.2. The van der Waals surface area contributed by atoms with Gasteiger partial charge in [-0.25, -0.2) is 13.6 Å². The summed E-state index contributed by atoms with van der Waals surface area (Å²) in [7, 11) is -2.45. The normalized spacial score (nSPS) is 10.9. The van der Waals surface area contributed by atoms with Crippen LogP contribution in [0.5, 0.6) is 0 Å². The molecule has 8 heteroatoms. The van der Waals surface area contributed by atoms with E-state index in [2.05, 4.69) is 10.1 Å². The largest absolute Gasteiger partial charge is 0.469 e. The van der Waals surface area contributed by atoms with E-state index in [1.165, 1.54) is 31.4 Å². The van der Waals surface area contributed by atoms with E-state index in [0.717, 1.165) is 0 Å². The predicted octanol–water partition coefficient (Wildman–Crippen LogP) is 0.616. The van der Waals surface area contributed by atoms with Crippen LogP contribution in [0.2, 0.25) is 0 Å². The van der Waals surface area contributed by atoms with Gasteiger partial charge < -0.3 is 10.1 Å². The second kappa shape index (κ2) is 7.01. The molecule has 1 aromatic rings. The van der Waals surface area contributed by atoms with Gasteiger partial charge in [-0.05, 0) is 30.7 Å². The summed E-state index contributed by atoms with van der Waals surface area (Å²) in [6.45, 7) is 0. The molecule has 7 nitrogen and oxygen atoms in total. The van der Waals surface area contributed by atoms with E-state index in [0.29, 0.717) is 12.1 Å². The Hall–Kier alpha value is -1.93. The second-order valence-electron chi connectivity index (χ2n) is 4.05. The first-order chi connectivity index (χ1) is 9.32. The molecular weight excluding hydrogens is 284 g/mol. The van der Waals surface area contributed by atoms with Crippen molar-refractivity contribution in [2.24, 2.45) is 5.14 Å². The molecule has 0 aliphatic rings. The lowest BCUT2D eigenvalue weighted by Gasteiger charge is -2.05. The molecule has 0 saturated heterocycles. The summed E-state index contributed by atoms with van der Waals surface area (Å²) in [4.78, 5) is 22.4. The Morgan fingerprint density at radius 1 is 1.20 bits per heavy atom. The zero-order valence-electron chi connectivity index (χ0n) is 11.0. The Balaban J connectivity index is 2.48. The van der Waals surface area contributed by atoms with Crippen LogP contribution in [0.4, 0.5) is 5.69 Å². The number of rotatable bonds is 6. The molecule has 0 aliphatic heterocycles. The van der Waals surface area contributed by atoms with Gasteiger partial charge in [0.05, 0.1) is 12.0 Å².